The van der Waals surface area contributed by atoms with E-state index in [1.54, 1.807) is 0 Å². The van der Waals surface area contributed by atoms with Crippen molar-refractivity contribution in [3.63, 3.8) is 0 Å². The SMILES string of the molecule is O=C1Oc2c(ccc3c4c(ccc23)=C(c2ccc(Br)cc2)C(=O)O4)=C1c1ccc(Br)cc1. The molecule has 0 fully saturated rings. The van der Waals surface area contributed by atoms with E-state index in [0.29, 0.717) is 22.6 Å². The van der Waals surface area contributed by atoms with Gasteiger partial charge in [0.2, 0.25) is 0 Å². The molecule has 4 aromatic rings. The van der Waals surface area contributed by atoms with E-state index < -0.39 is 11.9 Å². The number of carbonyl (C=O) groups excluding carboxylic acids is 2. The number of rotatable bonds is 2. The lowest BCUT2D eigenvalue weighted by molar-refractivity contribution is -0.128. The second kappa shape index (κ2) is 7.15. The molecule has 0 atom stereocenters. The van der Waals surface area contributed by atoms with E-state index in [2.05, 4.69) is 31.9 Å². The van der Waals surface area contributed by atoms with Crippen molar-refractivity contribution in [2.45, 2.75) is 0 Å². The predicted octanol–water partition coefficient (Wildman–Crippen LogP) is 4.60. The van der Waals surface area contributed by atoms with Gasteiger partial charge in [-0.3, -0.25) is 0 Å². The fourth-order valence-corrected chi connectivity index (χ4v) is 4.78. The van der Waals surface area contributed by atoms with Gasteiger partial charge in [-0.25, -0.2) is 9.59 Å². The van der Waals surface area contributed by atoms with Gasteiger partial charge in [-0.15, -0.1) is 0 Å². The predicted molar refractivity (Wildman–Crippen MR) is 128 cm³/mol. The molecule has 0 spiro atoms. The van der Waals surface area contributed by atoms with E-state index in [1.165, 1.54) is 0 Å². The maximum atomic E-state index is 12.7. The maximum absolute atomic E-state index is 12.7. The number of benzene rings is 4. The van der Waals surface area contributed by atoms with E-state index >= 15 is 0 Å². The summed E-state index contributed by atoms with van der Waals surface area (Å²) in [6.45, 7) is 0. The van der Waals surface area contributed by atoms with Crippen LogP contribution < -0.4 is 19.9 Å². The lowest BCUT2D eigenvalue weighted by Crippen LogP contribution is -2.07. The molecule has 0 saturated heterocycles. The lowest BCUT2D eigenvalue weighted by atomic mass is 9.99. The van der Waals surface area contributed by atoms with Gasteiger partial charge in [0.05, 0.1) is 11.1 Å². The highest BCUT2D eigenvalue weighted by Crippen LogP contribution is 2.35. The molecule has 0 saturated carbocycles. The van der Waals surface area contributed by atoms with Gasteiger partial charge in [0, 0.05) is 30.2 Å². The number of esters is 2. The summed E-state index contributed by atoms with van der Waals surface area (Å²) in [4.78, 5) is 25.5. The molecule has 2 aliphatic rings. The number of ether oxygens (including phenoxy) is 2. The van der Waals surface area contributed by atoms with Crippen LogP contribution >= 0.6 is 31.9 Å². The van der Waals surface area contributed by atoms with Crippen LogP contribution in [0.3, 0.4) is 0 Å². The van der Waals surface area contributed by atoms with Gasteiger partial charge in [0.25, 0.3) is 0 Å². The van der Waals surface area contributed by atoms with Crippen molar-refractivity contribution in [3.8, 4) is 11.5 Å². The first-order chi connectivity index (χ1) is 15.5. The zero-order valence-corrected chi connectivity index (χ0v) is 19.5. The number of hydrogen-bond donors (Lipinski definition) is 0. The average molecular weight is 548 g/mol. The molecule has 0 amide bonds. The van der Waals surface area contributed by atoms with Crippen molar-refractivity contribution in [3.05, 3.63) is 103 Å². The highest BCUT2D eigenvalue weighted by molar-refractivity contribution is 9.10. The summed E-state index contributed by atoms with van der Waals surface area (Å²) in [5.41, 5.74) is 2.62. The molecule has 0 unspecified atom stereocenters. The molecule has 4 nitrogen and oxygen atoms in total. The van der Waals surface area contributed by atoms with Gasteiger partial charge in [0.15, 0.2) is 0 Å². The smallest absolute Gasteiger partial charge is 0.344 e. The summed E-state index contributed by atoms with van der Waals surface area (Å²) in [7, 11) is 0. The van der Waals surface area contributed by atoms with Crippen molar-refractivity contribution in [2.75, 3.05) is 0 Å². The fraction of sp³-hybridized carbons (Fsp3) is 0. The molecule has 0 N–H and O–H groups in total. The Hall–Kier alpha value is -3.22. The van der Waals surface area contributed by atoms with Crippen molar-refractivity contribution in [1.82, 2.24) is 0 Å². The van der Waals surface area contributed by atoms with Crippen LogP contribution in [-0.4, -0.2) is 11.9 Å². The Morgan fingerprint density at radius 1 is 0.500 bits per heavy atom. The Morgan fingerprint density at radius 3 is 1.25 bits per heavy atom. The summed E-state index contributed by atoms with van der Waals surface area (Å²) in [5.74, 6) is 0.187. The van der Waals surface area contributed by atoms with Gasteiger partial charge in [-0.2, -0.15) is 0 Å². The zero-order valence-electron chi connectivity index (χ0n) is 16.3. The molecule has 32 heavy (non-hydrogen) atoms. The highest BCUT2D eigenvalue weighted by atomic mass is 79.9. The van der Waals surface area contributed by atoms with Crippen LogP contribution in [0.25, 0.3) is 21.9 Å². The molecule has 4 aromatic carbocycles. The minimum atomic E-state index is -0.394. The minimum Gasteiger partial charge on any atom is -0.422 e. The van der Waals surface area contributed by atoms with Gasteiger partial charge in [-0.1, -0.05) is 56.1 Å². The van der Waals surface area contributed by atoms with Crippen molar-refractivity contribution in [2.24, 2.45) is 0 Å². The molecule has 2 heterocycles. The summed E-state index contributed by atoms with van der Waals surface area (Å²) < 4.78 is 13.2. The van der Waals surface area contributed by atoms with Crippen molar-refractivity contribution >= 4 is 65.7 Å². The Morgan fingerprint density at radius 2 is 0.875 bits per heavy atom. The van der Waals surface area contributed by atoms with Gasteiger partial charge < -0.3 is 9.47 Å². The third kappa shape index (κ3) is 2.87. The van der Waals surface area contributed by atoms with E-state index in [1.807, 2.05) is 72.8 Å². The molecule has 6 rings (SSSR count). The van der Waals surface area contributed by atoms with E-state index in [-0.39, 0.29) is 0 Å². The summed E-state index contributed by atoms with van der Waals surface area (Å²) in [6, 6.07) is 22.5. The Kier molecular flexibility index (Phi) is 4.35. The van der Waals surface area contributed by atoms with Crippen LogP contribution in [0.4, 0.5) is 0 Å². The second-order valence-electron chi connectivity index (χ2n) is 7.52. The molecule has 2 aliphatic heterocycles. The van der Waals surface area contributed by atoms with Crippen molar-refractivity contribution < 1.29 is 19.1 Å². The van der Waals surface area contributed by atoms with E-state index in [9.17, 15) is 9.59 Å². The van der Waals surface area contributed by atoms with Crippen LogP contribution in [-0.2, 0) is 9.59 Å². The van der Waals surface area contributed by atoms with Gasteiger partial charge in [0.1, 0.15) is 11.5 Å². The molecule has 154 valence electrons. The van der Waals surface area contributed by atoms with Crippen LogP contribution in [0.2, 0.25) is 0 Å². The number of carbonyl (C=O) groups is 2. The molecule has 0 bridgehead atoms. The quantitative estimate of drug-likeness (QED) is 0.272. The van der Waals surface area contributed by atoms with Crippen molar-refractivity contribution in [1.29, 1.82) is 0 Å². The highest BCUT2D eigenvalue weighted by Gasteiger charge is 2.30. The molecule has 6 heteroatoms. The first-order valence-electron chi connectivity index (χ1n) is 9.82. The third-order valence-corrected chi connectivity index (χ3v) is 6.76. The van der Waals surface area contributed by atoms with Gasteiger partial charge in [-0.05, 0) is 59.7 Å². The van der Waals surface area contributed by atoms with Crippen LogP contribution in [0.5, 0.6) is 11.5 Å². The monoisotopic (exact) mass is 546 g/mol. The topological polar surface area (TPSA) is 52.6 Å². The minimum absolute atomic E-state index is 0.394. The van der Waals surface area contributed by atoms with Crippen LogP contribution in [0.1, 0.15) is 11.1 Å². The first-order valence-corrected chi connectivity index (χ1v) is 11.4. The normalized spacial score (nSPS) is 14.4. The van der Waals surface area contributed by atoms with Crippen LogP contribution in [0, 0.1) is 0 Å². The summed E-state index contributed by atoms with van der Waals surface area (Å²) in [6.07, 6.45) is 0. The number of fused-ring (bicyclic) bond motifs is 5. The first kappa shape index (κ1) is 19.5. The zero-order chi connectivity index (χ0) is 22.0. The summed E-state index contributed by atoms with van der Waals surface area (Å²) in [5, 5.41) is 2.91. The molecule has 0 aliphatic carbocycles. The molecular weight excluding hydrogens is 536 g/mol. The Bertz CT molecular complexity index is 1480. The van der Waals surface area contributed by atoms with Gasteiger partial charge >= 0.3 is 11.9 Å². The molecule has 0 radical (unpaired) electrons. The van der Waals surface area contributed by atoms with Crippen LogP contribution in [0.15, 0.2) is 81.7 Å². The number of halogens is 2. The average Bonchev–Trinajstić information content (AvgIpc) is 3.31. The summed E-state index contributed by atoms with van der Waals surface area (Å²) >= 11 is 6.84. The lowest BCUT2D eigenvalue weighted by Gasteiger charge is -2.05. The molecule has 0 aromatic heterocycles. The van der Waals surface area contributed by atoms with E-state index in [0.717, 1.165) is 41.3 Å². The maximum Gasteiger partial charge on any atom is 0.344 e. The largest absolute Gasteiger partial charge is 0.422 e. The third-order valence-electron chi connectivity index (χ3n) is 5.70. The fourth-order valence-electron chi connectivity index (χ4n) is 4.25. The standard InChI is InChI=1S/C26H12Br2O4/c27-15-5-1-13(2-6-15)21-19-11-9-18-17(23(19)31-25(21)29)10-12-20-22(26(30)32-24(18)20)14-3-7-16(28)8-4-14/h1-12H. The Balaban J connectivity index is 1.61. The molecular formula is C26H12Br2O4. The second-order valence-corrected chi connectivity index (χ2v) is 9.35. The Labute approximate surface area is 199 Å². The number of hydrogen-bond acceptors (Lipinski definition) is 4. The van der Waals surface area contributed by atoms with E-state index in [4.69, 9.17) is 9.47 Å².